The first-order valence-electron chi connectivity index (χ1n) is 2.25. The predicted molar refractivity (Wildman–Crippen MR) is 32.0 cm³/mol. The molecule has 7 heavy (non-hydrogen) atoms. The van der Waals surface area contributed by atoms with Crippen LogP contribution in [0, 0.1) is 5.92 Å². The van der Waals surface area contributed by atoms with E-state index in [1.54, 1.807) is 0 Å². The van der Waals surface area contributed by atoms with Gasteiger partial charge in [0.1, 0.15) is 5.75 Å². The summed E-state index contributed by atoms with van der Waals surface area (Å²) in [7, 11) is 0. The smallest absolute Gasteiger partial charge is 0.127 e. The summed E-state index contributed by atoms with van der Waals surface area (Å²) in [6.07, 6.45) is 0. The van der Waals surface area contributed by atoms with E-state index in [1.165, 1.54) is 0 Å². The highest BCUT2D eigenvalue weighted by molar-refractivity contribution is 7.89. The maximum atomic E-state index is 10.1. The molecule has 0 saturated heterocycles. The fourth-order valence-electron chi connectivity index (χ4n) is 0.329. The zero-order chi connectivity index (χ0) is 5.86. The predicted octanol–water partition coefficient (Wildman–Crippen LogP) is 0.265. The molecule has 3 heteroatoms. The van der Waals surface area contributed by atoms with Gasteiger partial charge >= 0.3 is 0 Å². The summed E-state index contributed by atoms with van der Waals surface area (Å²) in [6.45, 7) is 3.98. The van der Waals surface area contributed by atoms with Gasteiger partial charge < -0.3 is 4.55 Å². The lowest BCUT2D eigenvalue weighted by molar-refractivity contribution is 0.583. The topological polar surface area (TPSA) is 49.1 Å². The van der Waals surface area contributed by atoms with Crippen molar-refractivity contribution < 1.29 is 4.55 Å². The molecule has 0 heterocycles. The van der Waals surface area contributed by atoms with E-state index >= 15 is 0 Å². The Morgan fingerprint density at radius 2 is 2.14 bits per heavy atom. The Morgan fingerprint density at radius 3 is 2.14 bits per heavy atom. The molecule has 2 N–H and O–H groups in total. The quantitative estimate of drug-likeness (QED) is 0.533. The summed E-state index contributed by atoms with van der Waals surface area (Å²) in [5.74, 6) is 1.06. The number of hydrogen-bond acceptors (Lipinski definition) is 2. The zero-order valence-corrected chi connectivity index (χ0v) is 5.49. The Hall–Kier alpha value is 0.270. The van der Waals surface area contributed by atoms with E-state index in [4.69, 9.17) is 5.14 Å². The Morgan fingerprint density at radius 1 is 1.71 bits per heavy atom. The van der Waals surface area contributed by atoms with Crippen LogP contribution in [0.15, 0.2) is 0 Å². The maximum absolute atomic E-state index is 10.1. The van der Waals surface area contributed by atoms with Gasteiger partial charge in [0.05, 0.1) is 0 Å². The zero-order valence-electron chi connectivity index (χ0n) is 4.68. The second-order valence-corrected chi connectivity index (χ2v) is 3.04. The third-order valence-corrected chi connectivity index (χ3v) is 1.49. The van der Waals surface area contributed by atoms with E-state index in [0.717, 1.165) is 0 Å². The summed E-state index contributed by atoms with van der Waals surface area (Å²) >= 11 is -1.10. The Balaban J connectivity index is 2.95. The third-order valence-electron chi connectivity index (χ3n) is 0.498. The van der Waals surface area contributed by atoms with Crippen molar-refractivity contribution in [2.45, 2.75) is 13.8 Å². The number of rotatable bonds is 2. The van der Waals surface area contributed by atoms with Crippen molar-refractivity contribution in [1.82, 2.24) is 0 Å². The minimum absolute atomic E-state index is 0.450. The summed E-state index contributed by atoms with van der Waals surface area (Å²) < 4.78 is 10.1. The molecule has 1 atom stereocenters. The van der Waals surface area contributed by atoms with Crippen LogP contribution in [0.1, 0.15) is 13.8 Å². The van der Waals surface area contributed by atoms with E-state index in [9.17, 15) is 4.55 Å². The fraction of sp³-hybridized carbons (Fsp3) is 1.00. The van der Waals surface area contributed by atoms with Crippen LogP contribution < -0.4 is 5.14 Å². The first-order valence-corrected chi connectivity index (χ1v) is 3.64. The lowest BCUT2D eigenvalue weighted by Gasteiger charge is -2.03. The lowest BCUT2D eigenvalue weighted by atomic mass is 10.3. The lowest BCUT2D eigenvalue weighted by Crippen LogP contribution is -2.19. The molecular weight excluding hydrogens is 110 g/mol. The van der Waals surface area contributed by atoms with Crippen molar-refractivity contribution in [2.24, 2.45) is 11.1 Å². The third kappa shape index (κ3) is 6.27. The molecule has 0 rings (SSSR count). The highest BCUT2D eigenvalue weighted by atomic mass is 32.2. The highest BCUT2D eigenvalue weighted by Crippen LogP contribution is 1.93. The normalized spacial score (nSPS) is 15.0. The standard InChI is InChI=1S/C4H11NOS/c1-4(2)3-7(5)6/h4H,3,5H2,1-2H3/t7-/m0/s1. The van der Waals surface area contributed by atoms with Crippen LogP contribution in [0.5, 0.6) is 0 Å². The van der Waals surface area contributed by atoms with Gasteiger partial charge in [0, 0.05) is 11.4 Å². The van der Waals surface area contributed by atoms with Crippen molar-refractivity contribution in [3.05, 3.63) is 0 Å². The average molecular weight is 121 g/mol. The van der Waals surface area contributed by atoms with Gasteiger partial charge in [-0.1, -0.05) is 13.8 Å². The second kappa shape index (κ2) is 3.29. The summed E-state index contributed by atoms with van der Waals surface area (Å²) in [5, 5.41) is 4.97. The van der Waals surface area contributed by atoms with E-state index in [2.05, 4.69) is 0 Å². The molecule has 0 aromatic carbocycles. The highest BCUT2D eigenvalue weighted by Gasteiger charge is 2.00. The van der Waals surface area contributed by atoms with Crippen molar-refractivity contribution in [1.29, 1.82) is 0 Å². The van der Waals surface area contributed by atoms with Gasteiger partial charge in [-0.2, -0.15) is 5.14 Å². The molecule has 0 aromatic rings. The fourth-order valence-corrected chi connectivity index (χ4v) is 0.986. The van der Waals surface area contributed by atoms with Crippen molar-refractivity contribution in [3.63, 3.8) is 0 Å². The molecule has 0 aromatic heterocycles. The molecule has 0 saturated carbocycles. The van der Waals surface area contributed by atoms with E-state index in [1.807, 2.05) is 13.8 Å². The minimum Gasteiger partial charge on any atom is -0.598 e. The van der Waals surface area contributed by atoms with Crippen LogP contribution in [0.25, 0.3) is 0 Å². The van der Waals surface area contributed by atoms with Gasteiger partial charge in [0.15, 0.2) is 0 Å². The van der Waals surface area contributed by atoms with E-state index in [0.29, 0.717) is 11.7 Å². The summed E-state index contributed by atoms with van der Waals surface area (Å²) in [4.78, 5) is 0. The molecule has 0 aliphatic heterocycles. The Bertz CT molecular complexity index is 41.0. The van der Waals surface area contributed by atoms with Crippen LogP contribution in [0.2, 0.25) is 0 Å². The van der Waals surface area contributed by atoms with Crippen molar-refractivity contribution >= 4 is 11.4 Å². The molecular formula is C4H11NOS. The molecule has 0 fully saturated rings. The molecule has 0 amide bonds. The number of nitrogens with two attached hydrogens (primary N) is 1. The molecule has 0 spiro atoms. The van der Waals surface area contributed by atoms with Gasteiger partial charge in [0.25, 0.3) is 0 Å². The molecule has 0 bridgehead atoms. The van der Waals surface area contributed by atoms with Crippen LogP contribution >= 0.6 is 0 Å². The number of hydrogen-bond donors (Lipinski definition) is 1. The van der Waals surface area contributed by atoms with Crippen molar-refractivity contribution in [3.8, 4) is 0 Å². The van der Waals surface area contributed by atoms with Gasteiger partial charge in [-0.3, -0.25) is 0 Å². The van der Waals surface area contributed by atoms with Gasteiger partial charge in [0.2, 0.25) is 0 Å². The van der Waals surface area contributed by atoms with Gasteiger partial charge in [-0.25, -0.2) is 0 Å². The van der Waals surface area contributed by atoms with Crippen LogP contribution in [-0.2, 0) is 11.4 Å². The summed E-state index contributed by atoms with van der Waals surface area (Å²) in [6, 6.07) is 0. The molecule has 0 aliphatic rings. The molecule has 0 aliphatic carbocycles. The largest absolute Gasteiger partial charge is 0.598 e. The van der Waals surface area contributed by atoms with Crippen molar-refractivity contribution in [2.75, 3.05) is 5.75 Å². The molecule has 0 unspecified atom stereocenters. The van der Waals surface area contributed by atoms with E-state index in [-0.39, 0.29) is 0 Å². The van der Waals surface area contributed by atoms with Crippen LogP contribution in [0.3, 0.4) is 0 Å². The second-order valence-electron chi connectivity index (χ2n) is 1.94. The van der Waals surface area contributed by atoms with E-state index < -0.39 is 11.4 Å². The summed E-state index contributed by atoms with van der Waals surface area (Å²) in [5.41, 5.74) is 0. The van der Waals surface area contributed by atoms with Gasteiger partial charge in [-0.15, -0.1) is 0 Å². The molecule has 2 nitrogen and oxygen atoms in total. The monoisotopic (exact) mass is 121 g/mol. The SMILES string of the molecule is CC(C)C[S@@+](N)[O-]. The first-order chi connectivity index (χ1) is 3.13. The Kier molecular flexibility index (Phi) is 3.42. The first kappa shape index (κ1) is 7.27. The van der Waals surface area contributed by atoms with Crippen LogP contribution in [0.4, 0.5) is 0 Å². The maximum Gasteiger partial charge on any atom is 0.127 e. The molecule has 0 radical (unpaired) electrons. The Labute approximate surface area is 47.4 Å². The average Bonchev–Trinajstić information content (AvgIpc) is 1.27. The molecule has 44 valence electrons. The van der Waals surface area contributed by atoms with Crippen LogP contribution in [-0.4, -0.2) is 10.3 Å². The minimum atomic E-state index is -1.10. The van der Waals surface area contributed by atoms with Gasteiger partial charge in [-0.05, 0) is 5.92 Å².